The zero-order valence-corrected chi connectivity index (χ0v) is 7.57. The molecule has 0 atom stereocenters. The van der Waals surface area contributed by atoms with Gasteiger partial charge in [-0.15, -0.1) is 0 Å². The minimum atomic E-state index is -0.148. The van der Waals surface area contributed by atoms with Crippen LogP contribution in [0.4, 0.5) is 0 Å². The normalized spacial score (nSPS) is 14.6. The molecule has 57 valence electrons. The molecule has 0 aromatic rings. The first kappa shape index (κ1) is 12.4. The number of carbonyl (C=O) groups excluding carboxylic acids is 2. The molecule has 0 aliphatic carbocycles. The molecule has 0 unspecified atom stereocenters. The van der Waals surface area contributed by atoms with Gasteiger partial charge in [0.2, 0.25) is 11.8 Å². The summed E-state index contributed by atoms with van der Waals surface area (Å²) in [5.74, 6) is -0.296. The van der Waals surface area contributed by atoms with Gasteiger partial charge in [0.25, 0.3) is 0 Å². The Balaban J connectivity index is 0. The number of imide groups is 1. The van der Waals surface area contributed by atoms with Crippen molar-refractivity contribution in [2.24, 2.45) is 0 Å². The Morgan fingerprint density at radius 3 is 1.50 bits per heavy atom. The maximum absolute atomic E-state index is 10.1. The van der Waals surface area contributed by atoms with E-state index >= 15 is 0 Å². The van der Waals surface area contributed by atoms with Crippen LogP contribution in [0.15, 0.2) is 0 Å². The average Bonchev–Trinajstić information content (AvgIpc) is 2.20. The minimum Gasteiger partial charge on any atom is -0.296 e. The second-order valence-electron chi connectivity index (χ2n) is 1.47. The molecule has 1 saturated heterocycles. The fourth-order valence-corrected chi connectivity index (χ4v) is 0.508. The van der Waals surface area contributed by atoms with Gasteiger partial charge >= 0.3 is 0 Å². The Hall–Kier alpha value is -0.276. The van der Waals surface area contributed by atoms with E-state index in [9.17, 15) is 9.59 Å². The zero-order chi connectivity index (χ0) is 7.28. The molecule has 0 spiro atoms. The van der Waals surface area contributed by atoms with E-state index in [1.54, 1.807) is 0 Å². The Morgan fingerprint density at radius 2 is 1.40 bits per heavy atom. The Morgan fingerprint density at radius 1 is 1.10 bits per heavy atom. The van der Waals surface area contributed by atoms with Crippen LogP contribution in [0.5, 0.6) is 0 Å². The molecule has 3 nitrogen and oxygen atoms in total. The summed E-state index contributed by atoms with van der Waals surface area (Å²) in [5, 5.41) is 2.14. The molecule has 1 heterocycles. The molecule has 1 radical (unpaired) electrons. The quantitative estimate of drug-likeness (QED) is 0.550. The van der Waals surface area contributed by atoms with Gasteiger partial charge in [-0.2, -0.15) is 0 Å². The number of carbonyl (C=O) groups is 2. The van der Waals surface area contributed by atoms with Crippen LogP contribution in [0.25, 0.3) is 0 Å². The third-order valence-electron chi connectivity index (χ3n) is 0.858. The van der Waals surface area contributed by atoms with Crippen LogP contribution < -0.4 is 5.32 Å². The van der Waals surface area contributed by atoms with E-state index in [0.717, 1.165) is 0 Å². The van der Waals surface area contributed by atoms with Crippen molar-refractivity contribution in [3.63, 3.8) is 0 Å². The predicted octanol–water partition coefficient (Wildman–Crippen LogP) is 0.447. The van der Waals surface area contributed by atoms with Crippen molar-refractivity contribution in [3.05, 3.63) is 0 Å². The monoisotopic (exact) mass is 180 g/mol. The molecule has 1 fully saturated rings. The van der Waals surface area contributed by atoms with Crippen LogP contribution >= 0.6 is 0 Å². The second-order valence-corrected chi connectivity index (χ2v) is 1.47. The summed E-state index contributed by atoms with van der Waals surface area (Å²) >= 11 is 0. The van der Waals surface area contributed by atoms with Crippen LogP contribution in [0.3, 0.4) is 0 Å². The first-order valence-corrected chi connectivity index (χ1v) is 3.12. The standard InChI is InChI=1S/C4H5NO2.C2H6.V/c6-3-1-2-4(7)5-3;1-2;/h1-2H2,(H,5,6,7);1-2H3;. The van der Waals surface area contributed by atoms with Crippen LogP contribution in [-0.4, -0.2) is 11.8 Å². The molecule has 1 aliphatic rings. The third kappa shape index (κ3) is 4.59. The molecule has 1 rings (SSSR count). The van der Waals surface area contributed by atoms with Gasteiger partial charge < -0.3 is 0 Å². The van der Waals surface area contributed by atoms with Gasteiger partial charge in [0.15, 0.2) is 0 Å². The first-order chi connectivity index (χ1) is 4.29. The number of nitrogens with one attached hydrogen (secondary N) is 1. The van der Waals surface area contributed by atoms with Crippen LogP contribution in [0, 0.1) is 0 Å². The van der Waals surface area contributed by atoms with E-state index in [0.29, 0.717) is 12.8 Å². The summed E-state index contributed by atoms with van der Waals surface area (Å²) in [6.07, 6.45) is 0.748. The number of hydrogen-bond donors (Lipinski definition) is 1. The molecular weight excluding hydrogens is 169 g/mol. The van der Waals surface area contributed by atoms with E-state index in [-0.39, 0.29) is 30.4 Å². The number of hydrogen-bond acceptors (Lipinski definition) is 2. The van der Waals surface area contributed by atoms with Gasteiger partial charge in [-0.05, 0) is 0 Å². The van der Waals surface area contributed by atoms with E-state index in [1.165, 1.54) is 0 Å². The topological polar surface area (TPSA) is 46.2 Å². The first-order valence-electron chi connectivity index (χ1n) is 3.12. The largest absolute Gasteiger partial charge is 0.296 e. The molecule has 1 aliphatic heterocycles. The summed E-state index contributed by atoms with van der Waals surface area (Å²) in [6, 6.07) is 0. The number of rotatable bonds is 0. The Labute approximate surface area is 72.4 Å². The minimum absolute atomic E-state index is 0. The van der Waals surface area contributed by atoms with Crippen molar-refractivity contribution >= 4 is 11.8 Å². The molecule has 0 saturated carbocycles. The molecule has 0 aromatic carbocycles. The fraction of sp³-hybridized carbons (Fsp3) is 0.667. The second kappa shape index (κ2) is 6.84. The van der Waals surface area contributed by atoms with Crippen molar-refractivity contribution in [1.29, 1.82) is 0 Å². The molecule has 0 bridgehead atoms. The van der Waals surface area contributed by atoms with Crippen molar-refractivity contribution in [2.45, 2.75) is 26.7 Å². The van der Waals surface area contributed by atoms with Crippen molar-refractivity contribution in [3.8, 4) is 0 Å². The van der Waals surface area contributed by atoms with Gasteiger partial charge in [0.1, 0.15) is 0 Å². The van der Waals surface area contributed by atoms with E-state index in [1.807, 2.05) is 13.8 Å². The maximum atomic E-state index is 10.1. The van der Waals surface area contributed by atoms with Crippen molar-refractivity contribution in [1.82, 2.24) is 5.32 Å². The van der Waals surface area contributed by atoms with Crippen LogP contribution in [0.2, 0.25) is 0 Å². The van der Waals surface area contributed by atoms with Gasteiger partial charge in [0, 0.05) is 31.4 Å². The summed E-state index contributed by atoms with van der Waals surface area (Å²) in [7, 11) is 0. The average molecular weight is 180 g/mol. The third-order valence-corrected chi connectivity index (χ3v) is 0.858. The molecule has 10 heavy (non-hydrogen) atoms. The van der Waals surface area contributed by atoms with Gasteiger partial charge in [0.05, 0.1) is 0 Å². The summed E-state index contributed by atoms with van der Waals surface area (Å²) in [5.41, 5.74) is 0. The van der Waals surface area contributed by atoms with Gasteiger partial charge in [-0.3, -0.25) is 14.9 Å². The molecule has 1 N–H and O–H groups in total. The van der Waals surface area contributed by atoms with E-state index < -0.39 is 0 Å². The van der Waals surface area contributed by atoms with Crippen molar-refractivity contribution in [2.75, 3.05) is 0 Å². The molecule has 0 aromatic heterocycles. The van der Waals surface area contributed by atoms with Crippen LogP contribution in [-0.2, 0) is 28.1 Å². The summed E-state index contributed by atoms with van der Waals surface area (Å²) in [6.45, 7) is 4.00. The molecule has 2 amide bonds. The van der Waals surface area contributed by atoms with Gasteiger partial charge in [-0.1, -0.05) is 13.8 Å². The SMILES string of the molecule is CC.O=C1CCC(=O)N1.[V]. The Bertz CT molecular complexity index is 111. The number of amides is 2. The fourth-order valence-electron chi connectivity index (χ4n) is 0.508. The van der Waals surface area contributed by atoms with E-state index in [2.05, 4.69) is 5.32 Å². The molecular formula is C6H11NO2V. The maximum Gasteiger partial charge on any atom is 0.227 e. The predicted molar refractivity (Wildman–Crippen MR) is 33.7 cm³/mol. The smallest absolute Gasteiger partial charge is 0.227 e. The Kier molecular flexibility index (Phi) is 8.48. The van der Waals surface area contributed by atoms with Crippen molar-refractivity contribution < 1.29 is 28.1 Å². The summed E-state index contributed by atoms with van der Waals surface area (Å²) in [4.78, 5) is 20.2. The molecule has 4 heteroatoms. The van der Waals surface area contributed by atoms with E-state index in [4.69, 9.17) is 0 Å². The zero-order valence-electron chi connectivity index (χ0n) is 6.18. The summed E-state index contributed by atoms with van der Waals surface area (Å²) < 4.78 is 0. The van der Waals surface area contributed by atoms with Gasteiger partial charge in [-0.25, -0.2) is 0 Å². The van der Waals surface area contributed by atoms with Crippen LogP contribution in [0.1, 0.15) is 26.7 Å².